The average molecular weight is 201 g/mol. The lowest BCUT2D eigenvalue weighted by Crippen LogP contribution is -2.28. The molecule has 14 heavy (non-hydrogen) atoms. The van der Waals surface area contributed by atoms with Crippen molar-refractivity contribution in [3.63, 3.8) is 0 Å². The van der Waals surface area contributed by atoms with Gasteiger partial charge >= 0.3 is 12.1 Å². The zero-order chi connectivity index (χ0) is 11.0. The number of amides is 1. The summed E-state index contributed by atoms with van der Waals surface area (Å²) in [6, 6.07) is 0. The fraction of sp³-hybridized carbons (Fsp3) is 0.556. The van der Waals surface area contributed by atoms with Crippen LogP contribution in [0.3, 0.4) is 0 Å². The Hall–Kier alpha value is -1.52. The zero-order valence-corrected chi connectivity index (χ0v) is 8.16. The van der Waals surface area contributed by atoms with E-state index in [9.17, 15) is 9.59 Å². The van der Waals surface area contributed by atoms with Crippen molar-refractivity contribution >= 4 is 12.1 Å². The van der Waals surface area contributed by atoms with E-state index in [0.29, 0.717) is 13.0 Å². The second-order valence-electron chi connectivity index (χ2n) is 2.77. The van der Waals surface area contributed by atoms with Gasteiger partial charge in [-0.25, -0.2) is 4.79 Å². The highest BCUT2D eigenvalue weighted by Crippen LogP contribution is 1.92. The predicted octanol–water partition coefficient (Wildman–Crippen LogP) is 1.15. The Bertz CT molecular complexity index is 215. The van der Waals surface area contributed by atoms with E-state index in [1.807, 2.05) is 0 Å². The Morgan fingerprint density at radius 3 is 2.79 bits per heavy atom. The number of rotatable bonds is 6. The Labute approximate surface area is 82.7 Å². The highest BCUT2D eigenvalue weighted by molar-refractivity contribution is 5.68. The van der Waals surface area contributed by atoms with Crippen molar-refractivity contribution in [2.45, 2.75) is 25.9 Å². The van der Waals surface area contributed by atoms with Crippen molar-refractivity contribution in [1.29, 1.82) is 0 Å². The molecule has 0 spiro atoms. The molecule has 0 fully saturated rings. The first-order chi connectivity index (χ1) is 6.56. The zero-order valence-electron chi connectivity index (χ0n) is 8.16. The number of carbonyl (C=O) groups is 2. The molecule has 5 nitrogen and oxygen atoms in total. The molecule has 0 aromatic heterocycles. The summed E-state index contributed by atoms with van der Waals surface area (Å²) >= 11 is 0. The third-order valence-corrected chi connectivity index (χ3v) is 1.46. The number of carboxylic acids is 1. The van der Waals surface area contributed by atoms with Crippen LogP contribution in [0.2, 0.25) is 0 Å². The van der Waals surface area contributed by atoms with Crippen molar-refractivity contribution < 1.29 is 19.4 Å². The standard InChI is InChI=1S/C9H15NO4/c1-3-7(2)14-9(13)10-6-4-5-8(11)12/h3,7H,1,4-6H2,2H3,(H,10,13)(H,11,12). The number of aliphatic carboxylic acids is 1. The van der Waals surface area contributed by atoms with Gasteiger partial charge in [0.1, 0.15) is 6.10 Å². The number of carbonyl (C=O) groups excluding carboxylic acids is 1. The molecule has 2 N–H and O–H groups in total. The normalized spacial score (nSPS) is 11.5. The molecule has 1 atom stereocenters. The highest BCUT2D eigenvalue weighted by atomic mass is 16.6. The Morgan fingerprint density at radius 2 is 2.29 bits per heavy atom. The van der Waals surface area contributed by atoms with Gasteiger partial charge in [0.2, 0.25) is 0 Å². The van der Waals surface area contributed by atoms with Crippen LogP contribution in [0.15, 0.2) is 12.7 Å². The molecule has 0 aliphatic rings. The van der Waals surface area contributed by atoms with Gasteiger partial charge in [0, 0.05) is 13.0 Å². The minimum atomic E-state index is -0.875. The SMILES string of the molecule is C=CC(C)OC(=O)NCCCC(=O)O. The molecule has 0 radical (unpaired) electrons. The fourth-order valence-electron chi connectivity index (χ4n) is 0.689. The van der Waals surface area contributed by atoms with Crippen LogP contribution in [0, 0.1) is 0 Å². The first kappa shape index (κ1) is 12.5. The summed E-state index contributed by atoms with van der Waals surface area (Å²) in [5.41, 5.74) is 0. The maximum Gasteiger partial charge on any atom is 0.407 e. The van der Waals surface area contributed by atoms with Crippen LogP contribution in [0.4, 0.5) is 4.79 Å². The summed E-state index contributed by atoms with van der Waals surface area (Å²) in [5.74, 6) is -0.875. The number of hydrogen-bond donors (Lipinski definition) is 2. The van der Waals surface area contributed by atoms with E-state index in [-0.39, 0.29) is 12.5 Å². The number of ether oxygens (including phenoxy) is 1. The summed E-state index contributed by atoms with van der Waals surface area (Å²) in [6.45, 7) is 5.44. The summed E-state index contributed by atoms with van der Waals surface area (Å²) in [7, 11) is 0. The van der Waals surface area contributed by atoms with Gasteiger partial charge in [-0.05, 0) is 13.3 Å². The van der Waals surface area contributed by atoms with E-state index in [1.165, 1.54) is 6.08 Å². The second kappa shape index (κ2) is 6.94. The number of hydrogen-bond acceptors (Lipinski definition) is 3. The van der Waals surface area contributed by atoms with Crippen LogP contribution in [-0.4, -0.2) is 29.8 Å². The number of nitrogens with one attached hydrogen (secondary N) is 1. The summed E-state index contributed by atoms with van der Waals surface area (Å²) in [4.78, 5) is 21.0. The molecule has 0 aliphatic carbocycles. The molecular weight excluding hydrogens is 186 g/mol. The molecule has 0 heterocycles. The third kappa shape index (κ3) is 7.15. The number of alkyl carbamates (subject to hydrolysis) is 1. The minimum absolute atomic E-state index is 0.0390. The Balaban J connectivity index is 3.44. The predicted molar refractivity (Wildman–Crippen MR) is 51.0 cm³/mol. The lowest BCUT2D eigenvalue weighted by molar-refractivity contribution is -0.137. The topological polar surface area (TPSA) is 75.6 Å². The first-order valence-electron chi connectivity index (χ1n) is 4.35. The van der Waals surface area contributed by atoms with Crippen LogP contribution >= 0.6 is 0 Å². The molecule has 1 amide bonds. The largest absolute Gasteiger partial charge is 0.481 e. The summed E-state index contributed by atoms with van der Waals surface area (Å²) in [5, 5.41) is 10.7. The fourth-order valence-corrected chi connectivity index (χ4v) is 0.689. The minimum Gasteiger partial charge on any atom is -0.481 e. The monoisotopic (exact) mass is 201 g/mol. The third-order valence-electron chi connectivity index (χ3n) is 1.46. The number of carboxylic acid groups (broad SMARTS) is 1. The molecule has 0 rings (SSSR count). The van der Waals surface area contributed by atoms with Gasteiger partial charge in [0.25, 0.3) is 0 Å². The van der Waals surface area contributed by atoms with E-state index in [2.05, 4.69) is 11.9 Å². The molecule has 5 heteroatoms. The van der Waals surface area contributed by atoms with Gasteiger partial charge < -0.3 is 15.2 Å². The van der Waals surface area contributed by atoms with Crippen molar-refractivity contribution in [2.75, 3.05) is 6.54 Å². The molecule has 0 aromatic rings. The van der Waals surface area contributed by atoms with Crippen LogP contribution in [0.1, 0.15) is 19.8 Å². The Kier molecular flexibility index (Phi) is 6.19. The second-order valence-corrected chi connectivity index (χ2v) is 2.77. The maximum atomic E-state index is 10.9. The van der Waals surface area contributed by atoms with E-state index in [0.717, 1.165) is 0 Å². The van der Waals surface area contributed by atoms with E-state index in [4.69, 9.17) is 9.84 Å². The van der Waals surface area contributed by atoms with Gasteiger partial charge in [-0.2, -0.15) is 0 Å². The maximum absolute atomic E-state index is 10.9. The van der Waals surface area contributed by atoms with E-state index in [1.54, 1.807) is 6.92 Å². The van der Waals surface area contributed by atoms with Gasteiger partial charge in [0.05, 0.1) is 0 Å². The van der Waals surface area contributed by atoms with Crippen molar-refractivity contribution in [2.24, 2.45) is 0 Å². The van der Waals surface area contributed by atoms with Crippen molar-refractivity contribution in [3.8, 4) is 0 Å². The van der Waals surface area contributed by atoms with Crippen LogP contribution in [-0.2, 0) is 9.53 Å². The van der Waals surface area contributed by atoms with Gasteiger partial charge in [-0.15, -0.1) is 0 Å². The Morgan fingerprint density at radius 1 is 1.64 bits per heavy atom. The highest BCUT2D eigenvalue weighted by Gasteiger charge is 2.04. The van der Waals surface area contributed by atoms with Crippen molar-refractivity contribution in [3.05, 3.63) is 12.7 Å². The van der Waals surface area contributed by atoms with Crippen LogP contribution < -0.4 is 5.32 Å². The van der Waals surface area contributed by atoms with Gasteiger partial charge in [-0.3, -0.25) is 4.79 Å². The molecule has 0 saturated carbocycles. The smallest absolute Gasteiger partial charge is 0.407 e. The quantitative estimate of drug-likeness (QED) is 0.499. The molecule has 80 valence electrons. The van der Waals surface area contributed by atoms with Crippen molar-refractivity contribution in [1.82, 2.24) is 5.32 Å². The van der Waals surface area contributed by atoms with E-state index < -0.39 is 12.1 Å². The summed E-state index contributed by atoms with van der Waals surface area (Å²) in [6.07, 6.45) is 1.04. The molecule has 1 unspecified atom stereocenters. The molecule has 0 aromatic carbocycles. The molecule has 0 aliphatic heterocycles. The van der Waals surface area contributed by atoms with Crippen LogP contribution in [0.25, 0.3) is 0 Å². The first-order valence-corrected chi connectivity index (χ1v) is 4.35. The summed E-state index contributed by atoms with van der Waals surface area (Å²) < 4.78 is 4.79. The van der Waals surface area contributed by atoms with E-state index >= 15 is 0 Å². The lowest BCUT2D eigenvalue weighted by atomic mass is 10.3. The lowest BCUT2D eigenvalue weighted by Gasteiger charge is -2.09. The average Bonchev–Trinajstić information content (AvgIpc) is 2.12. The molecular formula is C9H15NO4. The molecule has 0 saturated heterocycles. The van der Waals surface area contributed by atoms with Crippen LogP contribution in [0.5, 0.6) is 0 Å². The molecule has 0 bridgehead atoms. The van der Waals surface area contributed by atoms with Gasteiger partial charge in [-0.1, -0.05) is 12.7 Å². The van der Waals surface area contributed by atoms with Gasteiger partial charge in [0.15, 0.2) is 0 Å².